The zero-order chi connectivity index (χ0) is 24.1. The van der Waals surface area contributed by atoms with Crippen LogP contribution in [0.1, 0.15) is 51.0 Å². The van der Waals surface area contributed by atoms with Gasteiger partial charge in [-0.25, -0.2) is 13.9 Å². The van der Waals surface area contributed by atoms with Crippen molar-refractivity contribution in [2.45, 2.75) is 25.3 Å². The molecule has 3 atom stereocenters. The summed E-state index contributed by atoms with van der Waals surface area (Å²) in [5, 5.41) is 12.8. The van der Waals surface area contributed by atoms with Gasteiger partial charge in [0.15, 0.2) is 0 Å². The normalized spacial score (nSPS) is 16.4. The largest absolute Gasteiger partial charge is 0.412 e. The number of hydrogen-bond acceptors (Lipinski definition) is 7. The van der Waals surface area contributed by atoms with Crippen LogP contribution in [0, 0.1) is 6.92 Å². The van der Waals surface area contributed by atoms with Crippen molar-refractivity contribution in [2.75, 3.05) is 6.54 Å². The number of imidazole rings is 1. The Labute approximate surface area is 200 Å². The van der Waals surface area contributed by atoms with Crippen molar-refractivity contribution in [3.8, 4) is 11.5 Å². The highest BCUT2D eigenvalue weighted by atomic mass is 31.0. The SMILES string of the molecule is Cc1ncccc1-c1nnc(C(=O)N2CCc3[nH]cnc3[C@@H]2c2cc3c(C(F)P)cccn3n2)o1. The highest BCUT2D eigenvalue weighted by Crippen LogP contribution is 2.36. The number of hydrogen-bond donors (Lipinski definition) is 1. The van der Waals surface area contributed by atoms with Crippen LogP contribution in [0.2, 0.25) is 0 Å². The van der Waals surface area contributed by atoms with Gasteiger partial charge in [-0.2, -0.15) is 5.10 Å². The lowest BCUT2D eigenvalue weighted by molar-refractivity contribution is 0.0646. The minimum Gasteiger partial charge on any atom is -0.412 e. The number of carbonyl (C=O) groups is 1. The van der Waals surface area contributed by atoms with Crippen LogP contribution in [-0.4, -0.2) is 52.1 Å². The Morgan fingerprint density at radius 3 is 3.00 bits per heavy atom. The molecule has 1 aliphatic rings. The molecular formula is C23H20FN8O2P. The van der Waals surface area contributed by atoms with Crippen LogP contribution in [0.15, 0.2) is 53.5 Å². The fourth-order valence-corrected chi connectivity index (χ4v) is 4.75. The van der Waals surface area contributed by atoms with E-state index < -0.39 is 17.9 Å². The second kappa shape index (κ2) is 8.35. The standard InChI is InChI=1S/C23H20FN8O2P/c1-12-13(4-2-7-25-12)21-28-29-22(34-21)23(33)31-9-6-15-18(27-11-26-15)19(31)16-10-17-14(20(24)35)5-3-8-32(17)30-16/h2-5,7-8,10-11,19-20H,6,9,35H2,1H3,(H,26,27)/t19-,20?/m0/s1. The highest BCUT2D eigenvalue weighted by molar-refractivity contribution is 7.16. The van der Waals surface area contributed by atoms with Gasteiger partial charge >= 0.3 is 11.8 Å². The minimum absolute atomic E-state index is 0.134. The van der Waals surface area contributed by atoms with Gasteiger partial charge in [0, 0.05) is 42.3 Å². The first-order chi connectivity index (χ1) is 17.0. The smallest absolute Gasteiger partial charge is 0.312 e. The summed E-state index contributed by atoms with van der Waals surface area (Å²) >= 11 is 0. The molecule has 0 spiro atoms. The Morgan fingerprint density at radius 1 is 1.29 bits per heavy atom. The summed E-state index contributed by atoms with van der Waals surface area (Å²) in [5.41, 5.74) is 4.64. The lowest BCUT2D eigenvalue weighted by Crippen LogP contribution is -2.41. The van der Waals surface area contributed by atoms with Crippen LogP contribution in [0.4, 0.5) is 4.39 Å². The number of aromatic nitrogens is 7. The fourth-order valence-electron chi connectivity index (χ4n) is 4.47. The van der Waals surface area contributed by atoms with Gasteiger partial charge in [-0.3, -0.25) is 9.78 Å². The molecule has 6 rings (SSSR count). The summed E-state index contributed by atoms with van der Waals surface area (Å²) in [4.78, 5) is 27.1. The number of nitrogens with one attached hydrogen (secondary N) is 1. The molecule has 5 aromatic rings. The average Bonchev–Trinajstić information content (AvgIpc) is 3.62. The van der Waals surface area contributed by atoms with Gasteiger partial charge in [-0.05, 0) is 31.2 Å². The average molecular weight is 490 g/mol. The Bertz CT molecular complexity index is 1560. The molecular weight excluding hydrogens is 470 g/mol. The van der Waals surface area contributed by atoms with E-state index in [1.54, 1.807) is 52.4 Å². The summed E-state index contributed by atoms with van der Waals surface area (Å²) in [6.07, 6.45) is 5.60. The number of alkyl halides is 1. The van der Waals surface area contributed by atoms with E-state index in [4.69, 9.17) is 4.42 Å². The van der Waals surface area contributed by atoms with Gasteiger partial charge in [0.2, 0.25) is 5.89 Å². The van der Waals surface area contributed by atoms with Crippen molar-refractivity contribution >= 4 is 20.7 Å². The van der Waals surface area contributed by atoms with Crippen molar-refractivity contribution in [3.63, 3.8) is 0 Å². The first-order valence-corrected chi connectivity index (χ1v) is 11.6. The quantitative estimate of drug-likeness (QED) is 0.384. The lowest BCUT2D eigenvalue weighted by Gasteiger charge is -2.32. The third-order valence-electron chi connectivity index (χ3n) is 6.16. The molecule has 6 heterocycles. The Kier molecular flexibility index (Phi) is 5.14. The van der Waals surface area contributed by atoms with E-state index in [1.165, 1.54) is 0 Å². The molecule has 0 radical (unpaired) electrons. The first-order valence-electron chi connectivity index (χ1n) is 11.0. The number of carbonyl (C=O) groups excluding carboxylic acids is 1. The highest BCUT2D eigenvalue weighted by Gasteiger charge is 2.38. The molecule has 0 aromatic carbocycles. The van der Waals surface area contributed by atoms with Crippen molar-refractivity contribution in [1.82, 2.24) is 39.7 Å². The van der Waals surface area contributed by atoms with Gasteiger partial charge < -0.3 is 14.3 Å². The zero-order valence-corrected chi connectivity index (χ0v) is 19.7. The molecule has 1 amide bonds. The van der Waals surface area contributed by atoms with E-state index in [0.29, 0.717) is 46.7 Å². The molecule has 0 saturated carbocycles. The second-order valence-electron chi connectivity index (χ2n) is 8.23. The summed E-state index contributed by atoms with van der Waals surface area (Å²) < 4.78 is 21.6. The van der Waals surface area contributed by atoms with Gasteiger partial charge in [0.25, 0.3) is 0 Å². The van der Waals surface area contributed by atoms with Crippen LogP contribution < -0.4 is 0 Å². The molecule has 0 fully saturated rings. The van der Waals surface area contributed by atoms with E-state index in [0.717, 1.165) is 5.69 Å². The molecule has 176 valence electrons. The van der Waals surface area contributed by atoms with Gasteiger partial charge in [0.05, 0.1) is 28.8 Å². The molecule has 12 heteroatoms. The van der Waals surface area contributed by atoms with Gasteiger partial charge in [-0.15, -0.1) is 10.2 Å². The molecule has 2 unspecified atom stereocenters. The van der Waals surface area contributed by atoms with Crippen LogP contribution in [0.3, 0.4) is 0 Å². The van der Waals surface area contributed by atoms with E-state index in [1.807, 2.05) is 13.0 Å². The predicted molar refractivity (Wildman–Crippen MR) is 126 cm³/mol. The maximum atomic E-state index is 14.2. The number of aromatic amines is 1. The minimum atomic E-state index is -1.25. The maximum Gasteiger partial charge on any atom is 0.312 e. The van der Waals surface area contributed by atoms with E-state index in [9.17, 15) is 9.18 Å². The van der Waals surface area contributed by atoms with Gasteiger partial charge in [0.1, 0.15) is 12.0 Å². The summed E-state index contributed by atoms with van der Waals surface area (Å²) in [5.74, 6) is -1.60. The Morgan fingerprint density at radius 2 is 2.17 bits per heavy atom. The first kappa shape index (κ1) is 21.5. The molecule has 1 aliphatic heterocycles. The fraction of sp³-hybridized carbons (Fsp3) is 0.217. The van der Waals surface area contributed by atoms with Crippen LogP contribution in [-0.2, 0) is 6.42 Å². The number of rotatable bonds is 4. The van der Waals surface area contributed by atoms with Crippen molar-refractivity contribution in [2.24, 2.45) is 0 Å². The van der Waals surface area contributed by atoms with Crippen molar-refractivity contribution < 1.29 is 13.6 Å². The summed E-state index contributed by atoms with van der Waals surface area (Å²) in [6.45, 7) is 2.22. The van der Waals surface area contributed by atoms with Crippen LogP contribution >= 0.6 is 9.24 Å². The summed E-state index contributed by atoms with van der Waals surface area (Å²) in [7, 11) is 2.16. The summed E-state index contributed by atoms with van der Waals surface area (Å²) in [6, 6.07) is 8.20. The van der Waals surface area contributed by atoms with Crippen molar-refractivity contribution in [3.05, 3.63) is 83.3 Å². The Hall–Kier alpha value is -3.98. The van der Waals surface area contributed by atoms with Crippen LogP contribution in [0.25, 0.3) is 17.0 Å². The Balaban J connectivity index is 1.42. The molecule has 5 aromatic heterocycles. The van der Waals surface area contributed by atoms with Crippen molar-refractivity contribution in [1.29, 1.82) is 0 Å². The lowest BCUT2D eigenvalue weighted by atomic mass is 9.99. The zero-order valence-electron chi connectivity index (χ0n) is 18.6. The topological polar surface area (TPSA) is 118 Å². The monoisotopic (exact) mass is 490 g/mol. The molecule has 0 saturated heterocycles. The third-order valence-corrected chi connectivity index (χ3v) is 6.52. The second-order valence-corrected chi connectivity index (χ2v) is 8.82. The van der Waals surface area contributed by atoms with E-state index in [-0.39, 0.29) is 11.8 Å². The number of amides is 1. The number of halogens is 1. The number of nitrogens with zero attached hydrogens (tertiary/aromatic N) is 7. The predicted octanol–water partition coefficient (Wildman–Crippen LogP) is 3.44. The van der Waals surface area contributed by atoms with Gasteiger partial charge in [-0.1, -0.05) is 15.3 Å². The molecule has 35 heavy (non-hydrogen) atoms. The number of aryl methyl sites for hydroxylation is 1. The van der Waals surface area contributed by atoms with E-state index >= 15 is 0 Å². The molecule has 1 N–H and O–H groups in total. The molecule has 0 aliphatic carbocycles. The van der Waals surface area contributed by atoms with Crippen LogP contribution in [0.5, 0.6) is 0 Å². The molecule has 10 nitrogen and oxygen atoms in total. The third kappa shape index (κ3) is 3.59. The number of H-pyrrole nitrogens is 1. The van der Waals surface area contributed by atoms with E-state index in [2.05, 4.69) is 39.5 Å². The maximum absolute atomic E-state index is 14.2. The molecule has 0 bridgehead atoms. The number of pyridine rings is 2. The number of fused-ring (bicyclic) bond motifs is 2.